The number of hydrogen-bond donors (Lipinski definition) is 1. The van der Waals surface area contributed by atoms with Gasteiger partial charge in [0, 0.05) is 26.2 Å². The second kappa shape index (κ2) is 8.64. The molecule has 2 aromatic carbocycles. The molecular formula is C28H26N8O2. The van der Waals surface area contributed by atoms with Crippen molar-refractivity contribution in [2.45, 2.75) is 0 Å². The average Bonchev–Trinajstić information content (AvgIpc) is 3.59. The fourth-order valence-corrected chi connectivity index (χ4v) is 5.54. The summed E-state index contributed by atoms with van der Waals surface area (Å²) >= 11 is 0. The summed E-state index contributed by atoms with van der Waals surface area (Å²) in [7, 11) is 0. The van der Waals surface area contributed by atoms with E-state index in [0.29, 0.717) is 26.4 Å². The lowest BCUT2D eigenvalue weighted by Gasteiger charge is -2.31. The minimum Gasteiger partial charge on any atom is -0.378 e. The smallest absolute Gasteiger partial charge is 0.229 e. The van der Waals surface area contributed by atoms with Crippen LogP contribution in [-0.4, -0.2) is 81.9 Å². The molecule has 0 spiro atoms. The van der Waals surface area contributed by atoms with Crippen LogP contribution in [0.5, 0.6) is 0 Å². The number of fused-ring (bicyclic) bond motifs is 6. The first kappa shape index (κ1) is 21.8. The van der Waals surface area contributed by atoms with Gasteiger partial charge in [0.05, 0.1) is 59.4 Å². The zero-order valence-corrected chi connectivity index (χ0v) is 20.8. The molecule has 0 saturated carbocycles. The van der Waals surface area contributed by atoms with Crippen molar-refractivity contribution in [3.63, 3.8) is 0 Å². The van der Waals surface area contributed by atoms with Crippen molar-refractivity contribution < 1.29 is 9.47 Å². The second-order valence-electron chi connectivity index (χ2n) is 9.70. The first-order valence-corrected chi connectivity index (χ1v) is 13.1. The number of nitrogens with zero attached hydrogens (tertiary/aromatic N) is 7. The maximum atomic E-state index is 5.68. The summed E-state index contributed by atoms with van der Waals surface area (Å²) in [5.74, 6) is 2.41. The Kier molecular flexibility index (Phi) is 4.95. The van der Waals surface area contributed by atoms with Crippen molar-refractivity contribution in [1.29, 1.82) is 0 Å². The number of aromatic nitrogens is 6. The minimum atomic E-state index is 0.669. The molecule has 6 aromatic rings. The molecule has 0 bridgehead atoms. The third-order valence-electron chi connectivity index (χ3n) is 7.44. The number of nitrogens with one attached hydrogen (secondary N) is 1. The number of pyridine rings is 1. The number of morpholine rings is 2. The standard InChI is InChI=1S/C28H26N8O2/c1-2-6-21-20(5-1)29-24(30-21)18-17-19-25(34-9-13-37-14-10-34)32-28(35-11-15-38-16-12-35)33-27(19)36-23-8-4-3-7-22(23)31-26(18)36/h1-8,17H,9-16H2,(H,29,30). The van der Waals surface area contributed by atoms with Crippen molar-refractivity contribution in [1.82, 2.24) is 29.3 Å². The van der Waals surface area contributed by atoms with Gasteiger partial charge in [-0.25, -0.2) is 9.97 Å². The molecule has 6 heterocycles. The summed E-state index contributed by atoms with van der Waals surface area (Å²) in [5.41, 5.74) is 6.40. The molecule has 0 amide bonds. The zero-order valence-electron chi connectivity index (χ0n) is 20.8. The van der Waals surface area contributed by atoms with E-state index >= 15 is 0 Å². The van der Waals surface area contributed by atoms with E-state index in [2.05, 4.69) is 31.3 Å². The quantitative estimate of drug-likeness (QED) is 0.389. The molecule has 2 saturated heterocycles. The van der Waals surface area contributed by atoms with Crippen LogP contribution < -0.4 is 9.80 Å². The molecule has 2 aliphatic heterocycles. The second-order valence-corrected chi connectivity index (χ2v) is 9.70. The van der Waals surface area contributed by atoms with E-state index in [0.717, 1.165) is 88.1 Å². The van der Waals surface area contributed by atoms with E-state index in [9.17, 15) is 0 Å². The Bertz CT molecular complexity index is 1780. The van der Waals surface area contributed by atoms with Gasteiger partial charge >= 0.3 is 0 Å². The molecule has 4 aromatic heterocycles. The lowest BCUT2D eigenvalue weighted by molar-refractivity contribution is 0.121. The highest BCUT2D eigenvalue weighted by Gasteiger charge is 2.25. The number of benzene rings is 2. The zero-order chi connectivity index (χ0) is 25.1. The number of para-hydroxylation sites is 4. The molecule has 8 rings (SSSR count). The number of rotatable bonds is 3. The SMILES string of the molecule is c1ccc2[nH]c(-c3cc4c(N5CCOCC5)nc(N5CCOCC5)nc4n4c3nc3ccccc34)nc2c1. The van der Waals surface area contributed by atoms with Crippen LogP contribution in [0.2, 0.25) is 0 Å². The normalized spacial score (nSPS) is 16.8. The molecule has 10 heteroatoms. The lowest BCUT2D eigenvalue weighted by atomic mass is 10.1. The average molecular weight is 507 g/mol. The number of H-pyrrole nitrogens is 1. The maximum absolute atomic E-state index is 5.68. The van der Waals surface area contributed by atoms with E-state index in [-0.39, 0.29) is 0 Å². The largest absolute Gasteiger partial charge is 0.378 e. The molecule has 38 heavy (non-hydrogen) atoms. The van der Waals surface area contributed by atoms with E-state index < -0.39 is 0 Å². The van der Waals surface area contributed by atoms with Crippen molar-refractivity contribution in [3.8, 4) is 11.4 Å². The molecular weight excluding hydrogens is 480 g/mol. The van der Waals surface area contributed by atoms with Gasteiger partial charge in [-0.15, -0.1) is 0 Å². The van der Waals surface area contributed by atoms with Gasteiger partial charge in [0.2, 0.25) is 5.95 Å². The van der Waals surface area contributed by atoms with Gasteiger partial charge in [-0.1, -0.05) is 24.3 Å². The monoisotopic (exact) mass is 506 g/mol. The highest BCUT2D eigenvalue weighted by Crippen LogP contribution is 2.36. The predicted molar refractivity (Wildman–Crippen MR) is 147 cm³/mol. The van der Waals surface area contributed by atoms with Crippen molar-refractivity contribution in [2.75, 3.05) is 62.4 Å². The first-order chi connectivity index (χ1) is 18.8. The van der Waals surface area contributed by atoms with Crippen molar-refractivity contribution in [3.05, 3.63) is 54.6 Å². The van der Waals surface area contributed by atoms with E-state index in [1.807, 2.05) is 42.5 Å². The molecule has 2 fully saturated rings. The van der Waals surface area contributed by atoms with Gasteiger partial charge < -0.3 is 24.3 Å². The predicted octanol–water partition coefficient (Wildman–Crippen LogP) is 3.65. The van der Waals surface area contributed by atoms with E-state index in [4.69, 9.17) is 29.4 Å². The van der Waals surface area contributed by atoms with Gasteiger partial charge in [-0.3, -0.25) is 4.40 Å². The highest BCUT2D eigenvalue weighted by molar-refractivity contribution is 6.00. The molecule has 0 atom stereocenters. The minimum absolute atomic E-state index is 0.669. The van der Waals surface area contributed by atoms with Crippen molar-refractivity contribution >= 4 is 50.5 Å². The summed E-state index contributed by atoms with van der Waals surface area (Å²) in [6, 6.07) is 18.4. The molecule has 0 aliphatic carbocycles. The number of anilines is 2. The van der Waals surface area contributed by atoms with Crippen LogP contribution in [0.4, 0.5) is 11.8 Å². The molecule has 0 unspecified atom stereocenters. The Hall–Kier alpha value is -4.28. The van der Waals surface area contributed by atoms with Crippen molar-refractivity contribution in [2.24, 2.45) is 0 Å². The Labute approximate surface area is 217 Å². The van der Waals surface area contributed by atoms with Gasteiger partial charge in [-0.05, 0) is 30.3 Å². The van der Waals surface area contributed by atoms with Crippen LogP contribution in [0.25, 0.3) is 50.1 Å². The van der Waals surface area contributed by atoms with Crippen LogP contribution in [0.3, 0.4) is 0 Å². The van der Waals surface area contributed by atoms with Gasteiger partial charge in [-0.2, -0.15) is 9.97 Å². The molecule has 1 N–H and O–H groups in total. The first-order valence-electron chi connectivity index (χ1n) is 13.1. The summed E-state index contributed by atoms with van der Waals surface area (Å²) in [5, 5.41) is 0.968. The fraction of sp³-hybridized carbons (Fsp3) is 0.286. The Morgan fingerprint density at radius 2 is 1.39 bits per heavy atom. The summed E-state index contributed by atoms with van der Waals surface area (Å²) in [4.78, 5) is 28.4. The summed E-state index contributed by atoms with van der Waals surface area (Å²) in [6.45, 7) is 5.76. The molecule has 190 valence electrons. The summed E-state index contributed by atoms with van der Waals surface area (Å²) < 4.78 is 13.5. The number of imidazole rings is 2. The molecule has 0 radical (unpaired) electrons. The van der Waals surface area contributed by atoms with Crippen LogP contribution in [-0.2, 0) is 9.47 Å². The fourth-order valence-electron chi connectivity index (χ4n) is 5.54. The third kappa shape index (κ3) is 3.41. The number of hydrogen-bond acceptors (Lipinski definition) is 8. The van der Waals surface area contributed by atoms with E-state index in [1.54, 1.807) is 0 Å². The van der Waals surface area contributed by atoms with E-state index in [1.165, 1.54) is 0 Å². The van der Waals surface area contributed by atoms with Crippen LogP contribution in [0, 0.1) is 0 Å². The van der Waals surface area contributed by atoms with Gasteiger partial charge in [0.25, 0.3) is 0 Å². The topological polar surface area (TPSA) is 96.7 Å². The number of ether oxygens (including phenoxy) is 2. The highest BCUT2D eigenvalue weighted by atomic mass is 16.5. The van der Waals surface area contributed by atoms with Crippen LogP contribution >= 0.6 is 0 Å². The van der Waals surface area contributed by atoms with Crippen LogP contribution in [0.1, 0.15) is 0 Å². The van der Waals surface area contributed by atoms with Gasteiger partial charge in [0.15, 0.2) is 11.3 Å². The Morgan fingerprint density at radius 3 is 2.18 bits per heavy atom. The maximum Gasteiger partial charge on any atom is 0.229 e. The molecule has 10 nitrogen and oxygen atoms in total. The summed E-state index contributed by atoms with van der Waals surface area (Å²) in [6.07, 6.45) is 0. The Balaban J connectivity index is 1.47. The number of aromatic amines is 1. The van der Waals surface area contributed by atoms with Crippen LogP contribution in [0.15, 0.2) is 54.6 Å². The molecule has 2 aliphatic rings. The van der Waals surface area contributed by atoms with Gasteiger partial charge in [0.1, 0.15) is 11.6 Å². The lowest BCUT2D eigenvalue weighted by Crippen LogP contribution is -2.39. The Morgan fingerprint density at radius 1 is 0.684 bits per heavy atom. The third-order valence-corrected chi connectivity index (χ3v) is 7.44.